The summed E-state index contributed by atoms with van der Waals surface area (Å²) >= 11 is 2.94. The number of rotatable bonds is 7. The van der Waals surface area contributed by atoms with E-state index < -0.39 is 12.5 Å². The molecule has 0 aromatic heterocycles. The average Bonchev–Trinajstić information content (AvgIpc) is 3.42. The molecular weight excluding hydrogens is 518 g/mol. The van der Waals surface area contributed by atoms with Crippen molar-refractivity contribution in [2.24, 2.45) is 4.99 Å². The zero-order valence-electron chi connectivity index (χ0n) is 21.0. The molecule has 0 bridgehead atoms. The monoisotopic (exact) mass is 545 g/mol. The van der Waals surface area contributed by atoms with Crippen LogP contribution in [0.25, 0.3) is 0 Å². The molecule has 10 heteroatoms. The number of thioether (sulfide) groups is 2. The van der Waals surface area contributed by atoms with Crippen LogP contribution in [-0.4, -0.2) is 47.2 Å². The summed E-state index contributed by atoms with van der Waals surface area (Å²) in [6, 6.07) is 23.2. The molecule has 2 amide bonds. The highest BCUT2D eigenvalue weighted by Crippen LogP contribution is 2.50. The number of aliphatic imine (C=N–C) groups is 1. The summed E-state index contributed by atoms with van der Waals surface area (Å²) in [5.74, 6) is -0.613. The van der Waals surface area contributed by atoms with Crippen LogP contribution in [0.1, 0.15) is 12.5 Å². The second-order valence-electron chi connectivity index (χ2n) is 8.60. The third-order valence-corrected chi connectivity index (χ3v) is 8.42. The van der Waals surface area contributed by atoms with Gasteiger partial charge in [0.25, 0.3) is 5.91 Å². The van der Waals surface area contributed by atoms with Gasteiger partial charge in [-0.2, -0.15) is 0 Å². The maximum Gasteiger partial charge on any atom is 0.269 e. The molecule has 0 aliphatic carbocycles. The SMILES string of the molecule is CCNc1ccc(NC(=O)CO)cc1N=C1S/C(=C2\Sc3ccccc3N2C)C(=O)N1Cc1ccccc1. The lowest BCUT2D eigenvalue weighted by Crippen LogP contribution is -2.29. The van der Waals surface area contributed by atoms with Crippen LogP contribution in [0.2, 0.25) is 0 Å². The summed E-state index contributed by atoms with van der Waals surface area (Å²) in [7, 11) is 1.97. The van der Waals surface area contributed by atoms with Gasteiger partial charge in [0.05, 0.1) is 28.6 Å². The van der Waals surface area contributed by atoms with Crippen molar-refractivity contribution in [2.45, 2.75) is 18.4 Å². The van der Waals surface area contributed by atoms with E-state index in [-0.39, 0.29) is 5.91 Å². The van der Waals surface area contributed by atoms with Crippen molar-refractivity contribution < 1.29 is 14.7 Å². The number of hydrogen-bond acceptors (Lipinski definition) is 8. The normalized spacial score (nSPS) is 17.8. The number of fused-ring (bicyclic) bond motifs is 1. The molecular formula is C28H27N5O3S2. The first-order valence-electron chi connectivity index (χ1n) is 12.1. The Hall–Kier alpha value is -3.73. The van der Waals surface area contributed by atoms with E-state index in [4.69, 9.17) is 10.1 Å². The van der Waals surface area contributed by atoms with E-state index in [0.29, 0.717) is 34.5 Å². The van der Waals surface area contributed by atoms with Gasteiger partial charge in [-0.1, -0.05) is 54.2 Å². The standard InChI is InChI=1S/C28H27N5O3S2/c1-3-29-20-14-13-19(30-24(35)17-34)15-21(20)31-28-33(16-18-9-5-4-6-10-18)26(36)25(38-28)27-32(2)22-11-7-8-12-23(22)37-27/h4-15,29,34H,3,16-17H2,1-2H3,(H,30,35)/b27-25-,31-28?. The summed E-state index contributed by atoms with van der Waals surface area (Å²) in [6.07, 6.45) is 0. The van der Waals surface area contributed by atoms with Crippen LogP contribution in [0.4, 0.5) is 22.7 Å². The van der Waals surface area contributed by atoms with Crippen molar-refractivity contribution >= 4 is 63.3 Å². The summed E-state index contributed by atoms with van der Waals surface area (Å²) < 4.78 is 0. The van der Waals surface area contributed by atoms with E-state index in [9.17, 15) is 9.59 Å². The Balaban J connectivity index is 1.57. The first-order chi connectivity index (χ1) is 18.5. The third-order valence-electron chi connectivity index (χ3n) is 5.99. The van der Waals surface area contributed by atoms with Gasteiger partial charge in [0.1, 0.15) is 11.5 Å². The topological polar surface area (TPSA) is 97.3 Å². The Morgan fingerprint density at radius 3 is 2.53 bits per heavy atom. The second-order valence-corrected chi connectivity index (χ2v) is 10.6. The van der Waals surface area contributed by atoms with Gasteiger partial charge >= 0.3 is 0 Å². The molecule has 1 saturated heterocycles. The Morgan fingerprint density at radius 1 is 1.03 bits per heavy atom. The number of aliphatic hydroxyl groups is 1. The highest BCUT2D eigenvalue weighted by Gasteiger charge is 2.39. The van der Waals surface area contributed by atoms with Crippen molar-refractivity contribution in [3.8, 4) is 0 Å². The molecule has 8 nitrogen and oxygen atoms in total. The Morgan fingerprint density at radius 2 is 1.79 bits per heavy atom. The fourth-order valence-corrected chi connectivity index (χ4v) is 6.51. The van der Waals surface area contributed by atoms with Crippen LogP contribution in [0.5, 0.6) is 0 Å². The zero-order valence-corrected chi connectivity index (χ0v) is 22.6. The Kier molecular flexibility index (Phi) is 7.73. The third kappa shape index (κ3) is 5.28. The van der Waals surface area contributed by atoms with Crippen LogP contribution in [0, 0.1) is 0 Å². The van der Waals surface area contributed by atoms with Gasteiger partial charge in [0.2, 0.25) is 5.91 Å². The highest BCUT2D eigenvalue weighted by atomic mass is 32.2. The number of aliphatic hydroxyl groups excluding tert-OH is 1. The van der Waals surface area contributed by atoms with Gasteiger partial charge in [-0.05, 0) is 54.6 Å². The van der Waals surface area contributed by atoms with E-state index in [1.54, 1.807) is 28.8 Å². The molecule has 3 aromatic carbocycles. The van der Waals surface area contributed by atoms with Gasteiger partial charge in [-0.3, -0.25) is 14.5 Å². The fraction of sp³-hybridized carbons (Fsp3) is 0.179. The largest absolute Gasteiger partial charge is 0.387 e. The zero-order chi connectivity index (χ0) is 26.6. The molecule has 1 fully saturated rings. The van der Waals surface area contributed by atoms with E-state index in [1.165, 1.54) is 11.8 Å². The molecule has 0 spiro atoms. The maximum absolute atomic E-state index is 13.9. The number of carbonyl (C=O) groups excluding carboxylic acids is 2. The van der Waals surface area contributed by atoms with Gasteiger partial charge in [-0.25, -0.2) is 4.99 Å². The Bertz CT molecular complexity index is 1440. The lowest BCUT2D eigenvalue weighted by molar-refractivity contribution is -0.122. The molecule has 0 unspecified atom stereocenters. The van der Waals surface area contributed by atoms with E-state index >= 15 is 0 Å². The van der Waals surface area contributed by atoms with Crippen molar-refractivity contribution in [1.29, 1.82) is 0 Å². The average molecular weight is 546 g/mol. The summed E-state index contributed by atoms with van der Waals surface area (Å²) in [4.78, 5) is 36.1. The number of carbonyl (C=O) groups is 2. The smallest absolute Gasteiger partial charge is 0.269 e. The lowest BCUT2D eigenvalue weighted by Gasteiger charge is -2.17. The first kappa shape index (κ1) is 25.9. The van der Waals surface area contributed by atoms with Crippen molar-refractivity contribution in [3.63, 3.8) is 0 Å². The number of hydrogen-bond donors (Lipinski definition) is 3. The van der Waals surface area contributed by atoms with Crippen LogP contribution in [0.3, 0.4) is 0 Å². The molecule has 5 rings (SSSR count). The number of anilines is 3. The van der Waals surface area contributed by atoms with Crippen molar-refractivity contribution in [1.82, 2.24) is 4.90 Å². The molecule has 0 atom stereocenters. The highest BCUT2D eigenvalue weighted by molar-refractivity contribution is 8.19. The summed E-state index contributed by atoms with van der Waals surface area (Å²) in [5.41, 5.74) is 3.92. The number of benzene rings is 3. The number of amidine groups is 1. The van der Waals surface area contributed by atoms with E-state index in [1.807, 2.05) is 68.6 Å². The number of nitrogens with zero attached hydrogens (tertiary/aromatic N) is 3. The van der Waals surface area contributed by atoms with Crippen LogP contribution in [0.15, 0.2) is 92.6 Å². The molecule has 3 aromatic rings. The number of amides is 2. The van der Waals surface area contributed by atoms with Crippen molar-refractivity contribution in [3.05, 3.63) is 88.3 Å². The van der Waals surface area contributed by atoms with Gasteiger partial charge in [0, 0.05) is 24.2 Å². The van der Waals surface area contributed by atoms with E-state index in [2.05, 4.69) is 21.6 Å². The molecule has 0 radical (unpaired) electrons. The van der Waals surface area contributed by atoms with Crippen LogP contribution >= 0.6 is 23.5 Å². The number of para-hydroxylation sites is 1. The van der Waals surface area contributed by atoms with Crippen molar-refractivity contribution in [2.75, 3.05) is 35.7 Å². The molecule has 2 aliphatic rings. The van der Waals surface area contributed by atoms with Crippen LogP contribution < -0.4 is 15.5 Å². The lowest BCUT2D eigenvalue weighted by atomic mass is 10.2. The fourth-order valence-electron chi connectivity index (χ4n) is 4.17. The number of nitrogens with one attached hydrogen (secondary N) is 2. The molecule has 2 aliphatic heterocycles. The van der Waals surface area contributed by atoms with Gasteiger partial charge < -0.3 is 20.6 Å². The van der Waals surface area contributed by atoms with Crippen LogP contribution in [-0.2, 0) is 16.1 Å². The van der Waals surface area contributed by atoms with E-state index in [0.717, 1.165) is 26.9 Å². The molecule has 194 valence electrons. The molecule has 2 heterocycles. The maximum atomic E-state index is 13.9. The molecule has 0 saturated carbocycles. The minimum atomic E-state index is -0.613. The minimum absolute atomic E-state index is 0.102. The second kappa shape index (κ2) is 11.3. The Labute approximate surface area is 229 Å². The van der Waals surface area contributed by atoms with Gasteiger partial charge in [0.15, 0.2) is 5.17 Å². The first-order valence-corrected chi connectivity index (χ1v) is 13.8. The predicted octanol–water partition coefficient (Wildman–Crippen LogP) is 5.22. The molecule has 3 N–H and O–H groups in total. The summed E-state index contributed by atoms with van der Waals surface area (Å²) in [5, 5.41) is 16.5. The molecule has 38 heavy (non-hydrogen) atoms. The minimum Gasteiger partial charge on any atom is -0.387 e. The summed E-state index contributed by atoms with van der Waals surface area (Å²) in [6.45, 7) is 2.43. The predicted molar refractivity (Wildman–Crippen MR) is 156 cm³/mol. The quantitative estimate of drug-likeness (QED) is 0.350. The van der Waals surface area contributed by atoms with Gasteiger partial charge in [-0.15, -0.1) is 0 Å².